The molecule has 0 bridgehead atoms. The molecule has 0 aliphatic heterocycles. The molecule has 0 fully saturated rings. The van der Waals surface area contributed by atoms with Crippen LogP contribution in [-0.2, 0) is 0 Å². The predicted molar refractivity (Wildman–Crippen MR) is 55.2 cm³/mol. The van der Waals surface area contributed by atoms with Crippen molar-refractivity contribution in [2.24, 2.45) is 5.73 Å². The molecule has 0 aliphatic rings. The number of halogens is 2. The standard InChI is InChI=1S/C9H11Cl2NO/c1-5-7(10)2-6(3-8(5)11)9(13)4-12/h2-3,9,13H,4,12H2,1H3/t9-/m0/s1. The highest BCUT2D eigenvalue weighted by Gasteiger charge is 2.09. The second-order valence-corrected chi connectivity index (χ2v) is 3.68. The summed E-state index contributed by atoms with van der Waals surface area (Å²) in [4.78, 5) is 0. The summed E-state index contributed by atoms with van der Waals surface area (Å²) in [5, 5.41) is 10.5. The Kier molecular flexibility index (Phi) is 3.56. The highest BCUT2D eigenvalue weighted by molar-refractivity contribution is 6.36. The van der Waals surface area contributed by atoms with Gasteiger partial charge in [0.2, 0.25) is 0 Å². The Morgan fingerprint density at radius 3 is 2.23 bits per heavy atom. The Balaban J connectivity index is 3.13. The normalized spacial score (nSPS) is 13.0. The topological polar surface area (TPSA) is 46.2 Å². The quantitative estimate of drug-likeness (QED) is 0.803. The average Bonchev–Trinajstić information content (AvgIpc) is 2.12. The van der Waals surface area contributed by atoms with Gasteiger partial charge < -0.3 is 10.8 Å². The summed E-state index contributed by atoms with van der Waals surface area (Å²) in [7, 11) is 0. The molecule has 1 rings (SSSR count). The van der Waals surface area contributed by atoms with E-state index >= 15 is 0 Å². The summed E-state index contributed by atoms with van der Waals surface area (Å²) < 4.78 is 0. The van der Waals surface area contributed by atoms with E-state index in [2.05, 4.69) is 0 Å². The van der Waals surface area contributed by atoms with E-state index in [1.807, 2.05) is 6.92 Å². The van der Waals surface area contributed by atoms with Gasteiger partial charge in [-0.25, -0.2) is 0 Å². The van der Waals surface area contributed by atoms with Crippen LogP contribution in [0, 0.1) is 6.92 Å². The van der Waals surface area contributed by atoms with Crippen molar-refractivity contribution in [2.45, 2.75) is 13.0 Å². The zero-order valence-electron chi connectivity index (χ0n) is 7.22. The van der Waals surface area contributed by atoms with Gasteiger partial charge in [0.1, 0.15) is 0 Å². The van der Waals surface area contributed by atoms with Crippen molar-refractivity contribution in [3.8, 4) is 0 Å². The van der Waals surface area contributed by atoms with Gasteiger partial charge in [-0.3, -0.25) is 0 Å². The minimum absolute atomic E-state index is 0.162. The number of benzene rings is 1. The van der Waals surface area contributed by atoms with Gasteiger partial charge in [-0.1, -0.05) is 23.2 Å². The first-order chi connectivity index (χ1) is 6.06. The van der Waals surface area contributed by atoms with E-state index in [0.717, 1.165) is 5.56 Å². The third-order valence-corrected chi connectivity index (χ3v) is 2.70. The first-order valence-corrected chi connectivity index (χ1v) is 4.65. The zero-order chi connectivity index (χ0) is 10.0. The van der Waals surface area contributed by atoms with Crippen LogP contribution in [0.4, 0.5) is 0 Å². The number of rotatable bonds is 2. The van der Waals surface area contributed by atoms with Crippen molar-refractivity contribution in [3.63, 3.8) is 0 Å². The molecule has 1 atom stereocenters. The molecular formula is C9H11Cl2NO. The second-order valence-electron chi connectivity index (χ2n) is 2.86. The molecule has 0 spiro atoms. The van der Waals surface area contributed by atoms with Crippen molar-refractivity contribution in [3.05, 3.63) is 33.3 Å². The predicted octanol–water partition coefficient (Wildman–Crippen LogP) is 2.29. The van der Waals surface area contributed by atoms with Crippen LogP contribution in [0.3, 0.4) is 0 Å². The van der Waals surface area contributed by atoms with E-state index in [9.17, 15) is 5.11 Å². The summed E-state index contributed by atoms with van der Waals surface area (Å²) in [6.07, 6.45) is -0.699. The molecule has 0 aromatic heterocycles. The summed E-state index contributed by atoms with van der Waals surface area (Å²) >= 11 is 11.8. The van der Waals surface area contributed by atoms with Gasteiger partial charge in [0.05, 0.1) is 6.10 Å². The molecule has 0 saturated carbocycles. The van der Waals surface area contributed by atoms with Crippen LogP contribution < -0.4 is 5.73 Å². The fourth-order valence-electron chi connectivity index (χ4n) is 0.993. The van der Waals surface area contributed by atoms with Crippen molar-refractivity contribution < 1.29 is 5.11 Å². The van der Waals surface area contributed by atoms with E-state index in [4.69, 9.17) is 28.9 Å². The lowest BCUT2D eigenvalue weighted by Gasteiger charge is -2.10. The lowest BCUT2D eigenvalue weighted by molar-refractivity contribution is 0.187. The first-order valence-electron chi connectivity index (χ1n) is 3.90. The van der Waals surface area contributed by atoms with E-state index in [-0.39, 0.29) is 6.54 Å². The van der Waals surface area contributed by atoms with Crippen LogP contribution in [0.2, 0.25) is 10.0 Å². The largest absolute Gasteiger partial charge is 0.387 e. The lowest BCUT2D eigenvalue weighted by atomic mass is 10.1. The number of aliphatic hydroxyl groups is 1. The summed E-state index contributed by atoms with van der Waals surface area (Å²) in [5.41, 5.74) is 6.78. The van der Waals surface area contributed by atoms with E-state index in [1.165, 1.54) is 0 Å². The van der Waals surface area contributed by atoms with Crippen LogP contribution in [0.5, 0.6) is 0 Å². The molecule has 0 saturated heterocycles. The zero-order valence-corrected chi connectivity index (χ0v) is 8.73. The monoisotopic (exact) mass is 219 g/mol. The highest BCUT2D eigenvalue weighted by Crippen LogP contribution is 2.27. The fraction of sp³-hybridized carbons (Fsp3) is 0.333. The van der Waals surface area contributed by atoms with Crippen molar-refractivity contribution in [1.29, 1.82) is 0 Å². The Morgan fingerprint density at radius 1 is 1.38 bits per heavy atom. The molecule has 0 amide bonds. The Morgan fingerprint density at radius 2 is 1.85 bits per heavy atom. The average molecular weight is 220 g/mol. The molecule has 13 heavy (non-hydrogen) atoms. The van der Waals surface area contributed by atoms with Crippen LogP contribution in [0.25, 0.3) is 0 Å². The molecular weight excluding hydrogens is 209 g/mol. The maximum Gasteiger partial charge on any atom is 0.0913 e. The highest BCUT2D eigenvalue weighted by atomic mass is 35.5. The number of nitrogens with two attached hydrogens (primary N) is 1. The lowest BCUT2D eigenvalue weighted by Crippen LogP contribution is -2.11. The minimum atomic E-state index is -0.699. The maximum atomic E-state index is 9.43. The first kappa shape index (κ1) is 10.8. The van der Waals surface area contributed by atoms with E-state index in [0.29, 0.717) is 15.6 Å². The molecule has 72 valence electrons. The van der Waals surface area contributed by atoms with Crippen molar-refractivity contribution in [2.75, 3.05) is 6.54 Å². The van der Waals surface area contributed by atoms with E-state index < -0.39 is 6.10 Å². The van der Waals surface area contributed by atoms with Gasteiger partial charge in [-0.15, -0.1) is 0 Å². The summed E-state index contributed by atoms with van der Waals surface area (Å²) in [5.74, 6) is 0. The van der Waals surface area contributed by atoms with Crippen molar-refractivity contribution >= 4 is 23.2 Å². The number of hydrogen-bond acceptors (Lipinski definition) is 2. The number of hydrogen-bond donors (Lipinski definition) is 2. The van der Waals surface area contributed by atoms with Gasteiger partial charge in [0.25, 0.3) is 0 Å². The third-order valence-electron chi connectivity index (χ3n) is 1.91. The van der Waals surface area contributed by atoms with Crippen LogP contribution in [-0.4, -0.2) is 11.7 Å². The van der Waals surface area contributed by atoms with Crippen molar-refractivity contribution in [1.82, 2.24) is 0 Å². The molecule has 0 unspecified atom stereocenters. The summed E-state index contributed by atoms with van der Waals surface area (Å²) in [6, 6.07) is 3.36. The van der Waals surface area contributed by atoms with Gasteiger partial charge in [0, 0.05) is 16.6 Å². The molecule has 3 N–H and O–H groups in total. The number of aliphatic hydroxyl groups excluding tert-OH is 1. The SMILES string of the molecule is Cc1c(Cl)cc([C@@H](O)CN)cc1Cl. The van der Waals surface area contributed by atoms with Crippen LogP contribution in [0.15, 0.2) is 12.1 Å². The van der Waals surface area contributed by atoms with Gasteiger partial charge >= 0.3 is 0 Å². The molecule has 1 aromatic rings. The van der Waals surface area contributed by atoms with Gasteiger partial charge in [-0.2, -0.15) is 0 Å². The van der Waals surface area contributed by atoms with Gasteiger partial charge in [-0.05, 0) is 30.2 Å². The maximum absolute atomic E-state index is 9.43. The Hall–Kier alpha value is -0.280. The fourth-order valence-corrected chi connectivity index (χ4v) is 1.50. The Bertz CT molecular complexity index is 291. The van der Waals surface area contributed by atoms with Crippen LogP contribution in [0.1, 0.15) is 17.2 Å². The second kappa shape index (κ2) is 4.29. The molecule has 0 heterocycles. The minimum Gasteiger partial charge on any atom is -0.387 e. The molecule has 2 nitrogen and oxygen atoms in total. The third kappa shape index (κ3) is 2.35. The molecule has 0 aliphatic carbocycles. The van der Waals surface area contributed by atoms with Crippen LogP contribution >= 0.6 is 23.2 Å². The van der Waals surface area contributed by atoms with Gasteiger partial charge in [0.15, 0.2) is 0 Å². The smallest absolute Gasteiger partial charge is 0.0913 e. The Labute approximate surface area is 87.3 Å². The van der Waals surface area contributed by atoms with E-state index in [1.54, 1.807) is 12.1 Å². The molecule has 0 radical (unpaired) electrons. The summed E-state index contributed by atoms with van der Waals surface area (Å²) in [6.45, 7) is 1.99. The molecule has 1 aromatic carbocycles. The molecule has 4 heteroatoms.